The number of aromatic nitrogens is 2. The fourth-order valence-electron chi connectivity index (χ4n) is 1.92. The molecule has 0 aliphatic heterocycles. The van der Waals surface area contributed by atoms with Crippen molar-refractivity contribution in [2.45, 2.75) is 25.4 Å². The first kappa shape index (κ1) is 9.66. The molecular formula is C12H15N3O. The number of rotatable bonds is 4. The maximum atomic E-state index is 9.10. The quantitative estimate of drug-likeness (QED) is 0.818. The fraction of sp³-hybridized carbons (Fsp3) is 0.417. The summed E-state index contributed by atoms with van der Waals surface area (Å²) in [7, 11) is 0. The molecule has 4 heteroatoms. The fourth-order valence-corrected chi connectivity index (χ4v) is 1.92. The minimum Gasteiger partial charge on any atom is -0.395 e. The molecule has 0 atom stereocenters. The standard InChI is InChI=1S/C12H15N3O/c16-8-7-15-11-4-2-1-3-10(11)14-12(15)13-9-5-6-9/h1-4,9,16H,5-8H2,(H,13,14). The summed E-state index contributed by atoms with van der Waals surface area (Å²) >= 11 is 0. The summed E-state index contributed by atoms with van der Waals surface area (Å²) in [4.78, 5) is 4.55. The van der Waals surface area contributed by atoms with Crippen LogP contribution >= 0.6 is 0 Å². The van der Waals surface area contributed by atoms with Crippen molar-refractivity contribution < 1.29 is 5.11 Å². The van der Waals surface area contributed by atoms with Crippen LogP contribution in [0.3, 0.4) is 0 Å². The Kier molecular flexibility index (Phi) is 2.29. The molecule has 1 fully saturated rings. The van der Waals surface area contributed by atoms with Gasteiger partial charge in [-0.15, -0.1) is 0 Å². The van der Waals surface area contributed by atoms with E-state index in [0.29, 0.717) is 12.6 Å². The van der Waals surface area contributed by atoms with E-state index in [0.717, 1.165) is 17.0 Å². The summed E-state index contributed by atoms with van der Waals surface area (Å²) in [6, 6.07) is 8.60. The van der Waals surface area contributed by atoms with Crippen molar-refractivity contribution in [3.63, 3.8) is 0 Å². The highest BCUT2D eigenvalue weighted by atomic mass is 16.3. The van der Waals surface area contributed by atoms with Crippen LogP contribution in [-0.4, -0.2) is 27.3 Å². The van der Waals surface area contributed by atoms with Gasteiger partial charge in [0.05, 0.1) is 17.6 Å². The number of aliphatic hydroxyl groups is 1. The zero-order chi connectivity index (χ0) is 11.0. The second kappa shape index (κ2) is 3.79. The highest BCUT2D eigenvalue weighted by molar-refractivity contribution is 5.78. The van der Waals surface area contributed by atoms with E-state index < -0.39 is 0 Å². The van der Waals surface area contributed by atoms with Crippen molar-refractivity contribution in [1.29, 1.82) is 0 Å². The molecule has 1 aliphatic rings. The Bertz CT molecular complexity index is 502. The highest BCUT2D eigenvalue weighted by Crippen LogP contribution is 2.26. The third-order valence-electron chi connectivity index (χ3n) is 2.89. The maximum Gasteiger partial charge on any atom is 0.204 e. The molecule has 4 nitrogen and oxygen atoms in total. The van der Waals surface area contributed by atoms with E-state index in [2.05, 4.69) is 10.3 Å². The van der Waals surface area contributed by atoms with Crippen LogP contribution in [0.1, 0.15) is 12.8 Å². The molecule has 0 amide bonds. The van der Waals surface area contributed by atoms with Crippen LogP contribution in [-0.2, 0) is 6.54 Å². The van der Waals surface area contributed by atoms with E-state index in [-0.39, 0.29) is 6.61 Å². The van der Waals surface area contributed by atoms with Gasteiger partial charge in [0.1, 0.15) is 0 Å². The largest absolute Gasteiger partial charge is 0.395 e. The third-order valence-corrected chi connectivity index (χ3v) is 2.89. The lowest BCUT2D eigenvalue weighted by atomic mass is 10.3. The highest BCUT2D eigenvalue weighted by Gasteiger charge is 2.23. The molecule has 0 bridgehead atoms. The van der Waals surface area contributed by atoms with Gasteiger partial charge in [0, 0.05) is 12.6 Å². The topological polar surface area (TPSA) is 50.1 Å². The normalized spacial score (nSPS) is 15.6. The van der Waals surface area contributed by atoms with E-state index in [1.807, 2.05) is 28.8 Å². The molecule has 2 aromatic rings. The van der Waals surface area contributed by atoms with E-state index in [1.54, 1.807) is 0 Å². The molecule has 1 aliphatic carbocycles. The van der Waals surface area contributed by atoms with E-state index in [9.17, 15) is 0 Å². The van der Waals surface area contributed by atoms with Crippen LogP contribution in [0, 0.1) is 0 Å². The molecule has 0 radical (unpaired) electrons. The predicted octanol–water partition coefficient (Wildman–Crippen LogP) is 1.60. The van der Waals surface area contributed by atoms with Crippen molar-refractivity contribution in [2.75, 3.05) is 11.9 Å². The number of benzene rings is 1. The summed E-state index contributed by atoms with van der Waals surface area (Å²) in [5, 5.41) is 12.5. The molecule has 0 spiro atoms. The van der Waals surface area contributed by atoms with Crippen LogP contribution in [0.2, 0.25) is 0 Å². The molecule has 84 valence electrons. The zero-order valence-corrected chi connectivity index (χ0v) is 9.06. The van der Waals surface area contributed by atoms with Gasteiger partial charge in [-0.25, -0.2) is 4.98 Å². The Morgan fingerprint density at radius 2 is 2.19 bits per heavy atom. The number of imidazole rings is 1. The van der Waals surface area contributed by atoms with Gasteiger partial charge < -0.3 is 15.0 Å². The molecule has 3 rings (SSSR count). The van der Waals surface area contributed by atoms with E-state index in [1.165, 1.54) is 12.8 Å². The molecule has 1 saturated carbocycles. The van der Waals surface area contributed by atoms with Crippen molar-refractivity contribution in [3.05, 3.63) is 24.3 Å². The molecule has 0 saturated heterocycles. The van der Waals surface area contributed by atoms with Crippen molar-refractivity contribution >= 4 is 17.0 Å². The minimum absolute atomic E-state index is 0.139. The van der Waals surface area contributed by atoms with Crippen molar-refractivity contribution in [1.82, 2.24) is 9.55 Å². The average molecular weight is 217 g/mol. The zero-order valence-electron chi connectivity index (χ0n) is 9.06. The van der Waals surface area contributed by atoms with Crippen molar-refractivity contribution in [3.8, 4) is 0 Å². The summed E-state index contributed by atoms with van der Waals surface area (Å²) in [5.41, 5.74) is 2.07. The smallest absolute Gasteiger partial charge is 0.204 e. The Balaban J connectivity index is 2.05. The molecule has 1 aromatic carbocycles. The minimum atomic E-state index is 0.139. The lowest BCUT2D eigenvalue weighted by Crippen LogP contribution is -2.10. The molecule has 0 unspecified atom stereocenters. The van der Waals surface area contributed by atoms with Gasteiger partial charge in [0.15, 0.2) is 0 Å². The Morgan fingerprint density at radius 1 is 1.38 bits per heavy atom. The molecular weight excluding hydrogens is 202 g/mol. The van der Waals surface area contributed by atoms with Gasteiger partial charge in [-0.3, -0.25) is 0 Å². The van der Waals surface area contributed by atoms with Crippen molar-refractivity contribution in [2.24, 2.45) is 0 Å². The molecule has 1 aromatic heterocycles. The van der Waals surface area contributed by atoms with Gasteiger partial charge in [0.25, 0.3) is 0 Å². The van der Waals surface area contributed by atoms with E-state index in [4.69, 9.17) is 5.11 Å². The summed E-state index contributed by atoms with van der Waals surface area (Å²) in [5.74, 6) is 0.887. The van der Waals surface area contributed by atoms with Gasteiger partial charge in [-0.05, 0) is 25.0 Å². The van der Waals surface area contributed by atoms with Crippen LogP contribution in [0.5, 0.6) is 0 Å². The van der Waals surface area contributed by atoms with Gasteiger partial charge in [-0.2, -0.15) is 0 Å². The Labute approximate surface area is 93.9 Å². The van der Waals surface area contributed by atoms with E-state index >= 15 is 0 Å². The number of anilines is 1. The second-order valence-corrected chi connectivity index (χ2v) is 4.22. The first-order chi connectivity index (χ1) is 7.88. The molecule has 16 heavy (non-hydrogen) atoms. The number of para-hydroxylation sites is 2. The monoisotopic (exact) mass is 217 g/mol. The summed E-state index contributed by atoms with van der Waals surface area (Å²) in [6.45, 7) is 0.731. The predicted molar refractivity (Wildman–Crippen MR) is 63.5 cm³/mol. The van der Waals surface area contributed by atoms with Gasteiger partial charge in [-0.1, -0.05) is 12.1 Å². The number of aliphatic hydroxyl groups excluding tert-OH is 1. The first-order valence-corrected chi connectivity index (χ1v) is 5.71. The SMILES string of the molecule is OCCn1c(NC2CC2)nc2ccccc21. The number of fused-ring (bicyclic) bond motifs is 1. The van der Waals surface area contributed by atoms with Crippen LogP contribution in [0.15, 0.2) is 24.3 Å². The number of nitrogens with zero attached hydrogens (tertiary/aromatic N) is 2. The molecule has 2 N–H and O–H groups in total. The lowest BCUT2D eigenvalue weighted by molar-refractivity contribution is 0.278. The van der Waals surface area contributed by atoms with Crippen LogP contribution < -0.4 is 5.32 Å². The van der Waals surface area contributed by atoms with Gasteiger partial charge in [0.2, 0.25) is 5.95 Å². The first-order valence-electron chi connectivity index (χ1n) is 5.71. The lowest BCUT2D eigenvalue weighted by Gasteiger charge is -2.08. The Hall–Kier alpha value is -1.55. The number of nitrogens with one attached hydrogen (secondary N) is 1. The van der Waals surface area contributed by atoms with Crippen LogP contribution in [0.25, 0.3) is 11.0 Å². The second-order valence-electron chi connectivity index (χ2n) is 4.22. The third kappa shape index (κ3) is 1.65. The summed E-state index contributed by atoms with van der Waals surface area (Å²) < 4.78 is 2.05. The molecule has 1 heterocycles. The maximum absolute atomic E-state index is 9.10. The number of hydrogen-bond donors (Lipinski definition) is 2. The number of hydrogen-bond acceptors (Lipinski definition) is 3. The Morgan fingerprint density at radius 3 is 2.94 bits per heavy atom. The summed E-state index contributed by atoms with van der Waals surface area (Å²) in [6.07, 6.45) is 2.45. The van der Waals surface area contributed by atoms with Crippen LogP contribution in [0.4, 0.5) is 5.95 Å². The average Bonchev–Trinajstić information content (AvgIpc) is 3.04. The van der Waals surface area contributed by atoms with Gasteiger partial charge >= 0.3 is 0 Å².